The van der Waals surface area contributed by atoms with Crippen LogP contribution in [0.3, 0.4) is 0 Å². The predicted octanol–water partition coefficient (Wildman–Crippen LogP) is 3.18. The molecule has 0 bridgehead atoms. The minimum atomic E-state index is -4.51. The van der Waals surface area contributed by atoms with Crippen molar-refractivity contribution in [2.24, 2.45) is 5.92 Å². The first-order valence-electron chi connectivity index (χ1n) is 8.93. The molecule has 0 saturated heterocycles. The number of nitrogen functional groups attached to an aromatic ring is 1. The number of furan rings is 1. The summed E-state index contributed by atoms with van der Waals surface area (Å²) in [4.78, 5) is 23.2. The van der Waals surface area contributed by atoms with Crippen LogP contribution in [0.25, 0.3) is 22.6 Å². The van der Waals surface area contributed by atoms with Gasteiger partial charge in [-0.25, -0.2) is 9.37 Å². The number of aryl methyl sites for hydroxylation is 1. The van der Waals surface area contributed by atoms with Crippen molar-refractivity contribution in [3.63, 3.8) is 0 Å². The lowest BCUT2D eigenvalue weighted by Gasteiger charge is -2.26. The zero-order valence-corrected chi connectivity index (χ0v) is 15.7. The topological polar surface area (TPSA) is 115 Å². The van der Waals surface area contributed by atoms with Crippen LogP contribution < -0.4 is 11.2 Å². The molecule has 0 atom stereocenters. The van der Waals surface area contributed by atoms with Gasteiger partial charge in [0.15, 0.2) is 11.6 Å². The molecule has 3 aromatic rings. The lowest BCUT2D eigenvalue weighted by molar-refractivity contribution is 0.280. The predicted molar refractivity (Wildman–Crippen MR) is 100 cm³/mol. The molecule has 27 heavy (non-hydrogen) atoms. The normalized spacial score (nSPS) is 15.4. The van der Waals surface area contributed by atoms with Crippen LogP contribution in [-0.2, 0) is 17.5 Å². The Morgan fingerprint density at radius 1 is 1.41 bits per heavy atom. The summed E-state index contributed by atoms with van der Waals surface area (Å²) in [6.45, 7) is 2.61. The molecule has 1 fully saturated rings. The van der Waals surface area contributed by atoms with E-state index in [4.69, 9.17) is 10.2 Å². The van der Waals surface area contributed by atoms with Crippen molar-refractivity contribution in [1.29, 1.82) is 0 Å². The molecule has 0 radical (unpaired) electrons. The van der Waals surface area contributed by atoms with Gasteiger partial charge in [-0.2, -0.15) is 0 Å². The summed E-state index contributed by atoms with van der Waals surface area (Å²) in [5.41, 5.74) is 7.40. The number of hydrogen-bond donors (Lipinski definition) is 3. The van der Waals surface area contributed by atoms with Crippen LogP contribution in [0.2, 0.25) is 0 Å². The van der Waals surface area contributed by atoms with E-state index >= 15 is 0 Å². The Kier molecular flexibility index (Phi) is 4.37. The Morgan fingerprint density at radius 2 is 2.15 bits per heavy atom. The molecule has 2 aromatic heterocycles. The maximum Gasteiger partial charge on any atom is 0.391 e. The lowest BCUT2D eigenvalue weighted by atomic mass is 9.85. The van der Waals surface area contributed by atoms with Crippen molar-refractivity contribution in [3.8, 4) is 11.6 Å². The van der Waals surface area contributed by atoms with Crippen LogP contribution in [-0.4, -0.2) is 19.3 Å². The van der Waals surface area contributed by atoms with Gasteiger partial charge in [0.25, 0.3) is 0 Å². The Balaban J connectivity index is 1.95. The third kappa shape index (κ3) is 3.08. The van der Waals surface area contributed by atoms with Crippen LogP contribution in [0, 0.1) is 11.7 Å². The highest BCUT2D eigenvalue weighted by Crippen LogP contribution is 2.39. The highest BCUT2D eigenvalue weighted by molar-refractivity contribution is 7.59. The van der Waals surface area contributed by atoms with Gasteiger partial charge >= 0.3 is 7.60 Å². The van der Waals surface area contributed by atoms with Gasteiger partial charge in [-0.1, -0.05) is 13.3 Å². The van der Waals surface area contributed by atoms with Crippen molar-refractivity contribution in [2.45, 2.75) is 39.2 Å². The third-order valence-corrected chi connectivity index (χ3v) is 6.05. The number of aromatic nitrogens is 2. The second kappa shape index (κ2) is 6.48. The van der Waals surface area contributed by atoms with E-state index in [9.17, 15) is 18.7 Å². The summed E-state index contributed by atoms with van der Waals surface area (Å²) in [6, 6.07) is 4.16. The molecule has 0 amide bonds. The van der Waals surface area contributed by atoms with E-state index in [1.165, 1.54) is 24.6 Å². The SMILES string of the molecule is CCc1cc(F)c(N)c2nc(-c3ccc(P(=O)(O)O)o3)n(CC3CCC3)c12. The molecule has 9 heteroatoms. The number of halogens is 1. The number of imidazole rings is 1. The Morgan fingerprint density at radius 3 is 2.70 bits per heavy atom. The van der Waals surface area contributed by atoms with Crippen molar-refractivity contribution in [1.82, 2.24) is 9.55 Å². The second-order valence-electron chi connectivity index (χ2n) is 7.01. The van der Waals surface area contributed by atoms with E-state index < -0.39 is 18.9 Å². The van der Waals surface area contributed by atoms with Crippen LogP contribution in [0.5, 0.6) is 0 Å². The molecule has 144 valence electrons. The first kappa shape index (κ1) is 18.2. The molecular formula is C18H21FN3O4P. The largest absolute Gasteiger partial charge is 0.445 e. The number of hydrogen-bond acceptors (Lipinski definition) is 4. The van der Waals surface area contributed by atoms with Gasteiger partial charge in [0.2, 0.25) is 5.50 Å². The van der Waals surface area contributed by atoms with Crippen LogP contribution in [0.1, 0.15) is 31.7 Å². The lowest BCUT2D eigenvalue weighted by Crippen LogP contribution is -2.19. The van der Waals surface area contributed by atoms with E-state index in [1.54, 1.807) is 0 Å². The molecule has 0 aliphatic heterocycles. The van der Waals surface area contributed by atoms with Gasteiger partial charge in [-0.05, 0) is 48.9 Å². The molecule has 0 unspecified atom stereocenters. The molecule has 7 nitrogen and oxygen atoms in total. The van der Waals surface area contributed by atoms with Crippen LogP contribution in [0.15, 0.2) is 22.6 Å². The number of rotatable bonds is 5. The Bertz CT molecular complexity index is 1060. The van der Waals surface area contributed by atoms with Gasteiger partial charge in [0, 0.05) is 6.54 Å². The summed E-state index contributed by atoms with van der Waals surface area (Å²) in [7, 11) is -4.51. The Hall–Kier alpha value is -2.15. The van der Waals surface area contributed by atoms with Gasteiger partial charge in [0.05, 0.1) is 11.2 Å². The fraction of sp³-hybridized carbons (Fsp3) is 0.389. The van der Waals surface area contributed by atoms with Gasteiger partial charge in [-0.3, -0.25) is 4.57 Å². The van der Waals surface area contributed by atoms with Crippen LogP contribution in [0.4, 0.5) is 10.1 Å². The molecule has 4 rings (SSSR count). The zero-order chi connectivity index (χ0) is 19.3. The number of nitrogens with zero attached hydrogens (tertiary/aromatic N) is 2. The van der Waals surface area contributed by atoms with E-state index in [0.29, 0.717) is 30.2 Å². The van der Waals surface area contributed by atoms with Gasteiger partial charge in [-0.15, -0.1) is 0 Å². The number of nitrogens with two attached hydrogens (primary N) is 1. The van der Waals surface area contributed by atoms with Crippen molar-refractivity contribution in [3.05, 3.63) is 29.6 Å². The molecule has 2 heterocycles. The van der Waals surface area contributed by atoms with Gasteiger partial charge in [0.1, 0.15) is 11.3 Å². The summed E-state index contributed by atoms with van der Waals surface area (Å²) in [5.74, 6) is 0.595. The number of fused-ring (bicyclic) bond motifs is 1. The van der Waals surface area contributed by atoms with Crippen molar-refractivity contribution >= 4 is 29.8 Å². The molecule has 4 N–H and O–H groups in total. The molecule has 1 aliphatic rings. The number of benzene rings is 1. The first-order valence-corrected chi connectivity index (χ1v) is 10.5. The molecule has 1 aliphatic carbocycles. The average molecular weight is 393 g/mol. The fourth-order valence-corrected chi connectivity index (χ4v) is 4.04. The molecular weight excluding hydrogens is 372 g/mol. The molecule has 1 aromatic carbocycles. The summed E-state index contributed by atoms with van der Waals surface area (Å²) >= 11 is 0. The van der Waals surface area contributed by atoms with E-state index in [2.05, 4.69) is 4.98 Å². The molecule has 0 spiro atoms. The highest BCUT2D eigenvalue weighted by Gasteiger charge is 2.28. The summed E-state index contributed by atoms with van der Waals surface area (Å²) in [5, 5.41) is 0. The Labute approximate surface area is 155 Å². The standard InChI is InChI=1S/C18H21FN3O4P/c1-2-11-8-12(19)15(20)16-17(11)22(9-10-4-3-5-10)18(21-16)13-6-7-14(26-13)27(23,24)25/h6-8,10H,2-5,9,20H2,1H3,(H2,23,24,25). The smallest absolute Gasteiger partial charge is 0.391 e. The molecule has 1 saturated carbocycles. The first-order chi connectivity index (χ1) is 12.8. The monoisotopic (exact) mass is 393 g/mol. The third-order valence-electron chi connectivity index (χ3n) is 5.23. The van der Waals surface area contributed by atoms with Crippen molar-refractivity contribution < 1.29 is 23.2 Å². The fourth-order valence-electron chi connectivity index (χ4n) is 3.55. The number of anilines is 1. The maximum absolute atomic E-state index is 14.2. The zero-order valence-electron chi connectivity index (χ0n) is 14.9. The minimum absolute atomic E-state index is 0.0300. The summed E-state index contributed by atoms with van der Waals surface area (Å²) in [6.07, 6.45) is 3.98. The van der Waals surface area contributed by atoms with E-state index in [-0.39, 0.29) is 11.4 Å². The van der Waals surface area contributed by atoms with E-state index in [1.807, 2.05) is 11.5 Å². The van der Waals surface area contributed by atoms with Gasteiger partial charge < -0.3 is 24.5 Å². The van der Waals surface area contributed by atoms with Crippen molar-refractivity contribution in [2.75, 3.05) is 5.73 Å². The van der Waals surface area contributed by atoms with E-state index in [0.717, 1.165) is 23.9 Å². The summed E-state index contributed by atoms with van der Waals surface area (Å²) < 4.78 is 33.1. The quantitative estimate of drug-likeness (QED) is 0.453. The van der Waals surface area contributed by atoms with Crippen LogP contribution >= 0.6 is 7.60 Å². The highest BCUT2D eigenvalue weighted by atomic mass is 31.2. The minimum Gasteiger partial charge on any atom is -0.445 e. The maximum atomic E-state index is 14.2. The average Bonchev–Trinajstić information content (AvgIpc) is 3.19. The second-order valence-corrected chi connectivity index (χ2v) is 8.54.